The molecule has 0 fully saturated rings. The van der Waals surface area contributed by atoms with E-state index < -0.39 is 5.97 Å². The SMILES string of the molecule is CCOC(=O)/C(Cc1ccccc1)=C(\C)O. The van der Waals surface area contributed by atoms with Crippen LogP contribution in [0.1, 0.15) is 19.4 Å². The van der Waals surface area contributed by atoms with Crippen LogP contribution >= 0.6 is 0 Å². The summed E-state index contributed by atoms with van der Waals surface area (Å²) in [4.78, 5) is 11.5. The highest BCUT2D eigenvalue weighted by Crippen LogP contribution is 2.12. The molecule has 1 rings (SSSR count). The van der Waals surface area contributed by atoms with E-state index in [1.165, 1.54) is 6.92 Å². The molecular weight excluding hydrogens is 204 g/mol. The average Bonchev–Trinajstić information content (AvgIpc) is 2.27. The number of hydrogen-bond acceptors (Lipinski definition) is 3. The van der Waals surface area contributed by atoms with Crippen molar-refractivity contribution in [1.82, 2.24) is 0 Å². The highest BCUT2D eigenvalue weighted by atomic mass is 16.5. The third-order valence-corrected chi connectivity index (χ3v) is 2.18. The first kappa shape index (κ1) is 12.3. The van der Waals surface area contributed by atoms with Crippen LogP contribution in [-0.4, -0.2) is 17.7 Å². The van der Waals surface area contributed by atoms with E-state index in [9.17, 15) is 9.90 Å². The van der Waals surface area contributed by atoms with Crippen molar-refractivity contribution in [3.8, 4) is 0 Å². The first-order valence-corrected chi connectivity index (χ1v) is 5.25. The molecule has 0 bridgehead atoms. The Bertz CT molecular complexity index is 375. The molecule has 0 saturated carbocycles. The minimum atomic E-state index is -0.452. The van der Waals surface area contributed by atoms with Crippen molar-refractivity contribution in [2.24, 2.45) is 0 Å². The second-order valence-corrected chi connectivity index (χ2v) is 3.45. The normalized spacial score (nSPS) is 11.9. The van der Waals surface area contributed by atoms with Gasteiger partial charge in [-0.3, -0.25) is 0 Å². The molecule has 0 atom stereocenters. The van der Waals surface area contributed by atoms with Crippen molar-refractivity contribution in [2.45, 2.75) is 20.3 Å². The van der Waals surface area contributed by atoms with Crippen LogP contribution in [0.5, 0.6) is 0 Å². The van der Waals surface area contributed by atoms with Gasteiger partial charge in [-0.2, -0.15) is 0 Å². The molecule has 0 aromatic heterocycles. The number of aliphatic hydroxyl groups excluding tert-OH is 1. The molecule has 0 aliphatic rings. The van der Waals surface area contributed by atoms with E-state index in [1.54, 1.807) is 6.92 Å². The third kappa shape index (κ3) is 3.42. The maximum absolute atomic E-state index is 11.5. The summed E-state index contributed by atoms with van der Waals surface area (Å²) in [6.07, 6.45) is 0.391. The van der Waals surface area contributed by atoms with Gasteiger partial charge in [0.1, 0.15) is 0 Å². The Hall–Kier alpha value is -1.77. The van der Waals surface area contributed by atoms with Crippen molar-refractivity contribution in [3.05, 3.63) is 47.2 Å². The molecule has 3 nitrogen and oxygen atoms in total. The summed E-state index contributed by atoms with van der Waals surface area (Å²) in [6.45, 7) is 3.55. The van der Waals surface area contributed by atoms with Crippen LogP contribution in [0, 0.1) is 0 Å². The molecule has 0 spiro atoms. The quantitative estimate of drug-likeness (QED) is 0.482. The largest absolute Gasteiger partial charge is 0.512 e. The first-order chi connectivity index (χ1) is 7.65. The summed E-state index contributed by atoms with van der Waals surface area (Å²) in [5, 5.41) is 9.45. The Morgan fingerprint density at radius 1 is 1.31 bits per heavy atom. The van der Waals surface area contributed by atoms with Gasteiger partial charge in [0.05, 0.1) is 17.9 Å². The summed E-state index contributed by atoms with van der Waals surface area (Å²) < 4.78 is 4.88. The molecule has 0 radical (unpaired) electrons. The second-order valence-electron chi connectivity index (χ2n) is 3.45. The lowest BCUT2D eigenvalue weighted by atomic mass is 10.0. The minimum absolute atomic E-state index is 0.0160. The Balaban J connectivity index is 2.83. The summed E-state index contributed by atoms with van der Waals surface area (Å²) >= 11 is 0. The van der Waals surface area contributed by atoms with Gasteiger partial charge in [-0.15, -0.1) is 0 Å². The molecule has 1 aromatic carbocycles. The first-order valence-electron chi connectivity index (χ1n) is 5.25. The van der Waals surface area contributed by atoms with Gasteiger partial charge in [0.2, 0.25) is 0 Å². The van der Waals surface area contributed by atoms with Crippen molar-refractivity contribution >= 4 is 5.97 Å². The molecule has 3 heteroatoms. The van der Waals surface area contributed by atoms with E-state index in [4.69, 9.17) is 4.74 Å². The summed E-state index contributed by atoms with van der Waals surface area (Å²) in [6, 6.07) is 9.50. The van der Waals surface area contributed by atoms with Gasteiger partial charge in [-0.25, -0.2) is 4.79 Å². The van der Waals surface area contributed by atoms with Crippen LogP contribution in [-0.2, 0) is 16.0 Å². The number of ether oxygens (including phenoxy) is 1. The molecule has 0 aliphatic carbocycles. The molecule has 1 aromatic rings. The van der Waals surface area contributed by atoms with Gasteiger partial charge < -0.3 is 9.84 Å². The van der Waals surface area contributed by atoms with Gasteiger partial charge in [0.25, 0.3) is 0 Å². The van der Waals surface area contributed by atoms with Gasteiger partial charge >= 0.3 is 5.97 Å². The molecule has 86 valence electrons. The highest BCUT2D eigenvalue weighted by Gasteiger charge is 2.14. The van der Waals surface area contributed by atoms with E-state index in [2.05, 4.69) is 0 Å². The Morgan fingerprint density at radius 3 is 2.44 bits per heavy atom. The Labute approximate surface area is 95.4 Å². The van der Waals surface area contributed by atoms with Gasteiger partial charge in [-0.05, 0) is 19.4 Å². The summed E-state index contributed by atoms with van der Waals surface area (Å²) in [7, 11) is 0. The fourth-order valence-electron chi connectivity index (χ4n) is 1.37. The van der Waals surface area contributed by atoms with E-state index in [0.29, 0.717) is 18.6 Å². The van der Waals surface area contributed by atoms with Crippen molar-refractivity contribution in [1.29, 1.82) is 0 Å². The van der Waals surface area contributed by atoms with Crippen LogP contribution in [0.4, 0.5) is 0 Å². The fourth-order valence-corrected chi connectivity index (χ4v) is 1.37. The molecule has 0 heterocycles. The van der Waals surface area contributed by atoms with Crippen LogP contribution in [0.15, 0.2) is 41.7 Å². The van der Waals surface area contributed by atoms with E-state index in [1.807, 2.05) is 30.3 Å². The Kier molecular flexibility index (Phi) is 4.58. The topological polar surface area (TPSA) is 46.5 Å². The number of carbonyl (C=O) groups is 1. The van der Waals surface area contributed by atoms with Crippen LogP contribution in [0.2, 0.25) is 0 Å². The lowest BCUT2D eigenvalue weighted by Crippen LogP contribution is -2.11. The predicted octanol–water partition coefficient (Wildman–Crippen LogP) is 2.62. The second kappa shape index (κ2) is 5.95. The van der Waals surface area contributed by atoms with E-state index in [-0.39, 0.29) is 5.76 Å². The van der Waals surface area contributed by atoms with Crippen molar-refractivity contribution < 1.29 is 14.6 Å². The number of hydrogen-bond donors (Lipinski definition) is 1. The zero-order valence-electron chi connectivity index (χ0n) is 9.56. The number of aliphatic hydroxyl groups is 1. The van der Waals surface area contributed by atoms with Crippen LogP contribution in [0.3, 0.4) is 0 Å². The molecule has 0 saturated heterocycles. The van der Waals surface area contributed by atoms with Crippen LogP contribution in [0.25, 0.3) is 0 Å². The molecule has 0 amide bonds. The molecule has 1 N–H and O–H groups in total. The highest BCUT2D eigenvalue weighted by molar-refractivity contribution is 5.89. The zero-order valence-corrected chi connectivity index (χ0v) is 9.56. The fraction of sp³-hybridized carbons (Fsp3) is 0.308. The third-order valence-electron chi connectivity index (χ3n) is 2.18. The lowest BCUT2D eigenvalue weighted by molar-refractivity contribution is -0.138. The number of allylic oxidation sites excluding steroid dienone is 1. The van der Waals surface area contributed by atoms with Crippen molar-refractivity contribution in [2.75, 3.05) is 6.61 Å². The van der Waals surface area contributed by atoms with Gasteiger partial charge in [0.15, 0.2) is 0 Å². The van der Waals surface area contributed by atoms with E-state index in [0.717, 1.165) is 5.56 Å². The Morgan fingerprint density at radius 2 is 1.94 bits per heavy atom. The molecule has 16 heavy (non-hydrogen) atoms. The number of rotatable bonds is 4. The smallest absolute Gasteiger partial charge is 0.337 e. The molecule has 0 unspecified atom stereocenters. The van der Waals surface area contributed by atoms with Crippen LogP contribution < -0.4 is 0 Å². The number of esters is 1. The average molecular weight is 220 g/mol. The molecule has 0 aliphatic heterocycles. The number of carbonyl (C=O) groups excluding carboxylic acids is 1. The standard InChI is InChI=1S/C13H16O3/c1-3-16-13(15)12(10(2)14)9-11-7-5-4-6-8-11/h4-8,14H,3,9H2,1-2H3/b12-10+. The van der Waals surface area contributed by atoms with E-state index >= 15 is 0 Å². The maximum atomic E-state index is 11.5. The minimum Gasteiger partial charge on any atom is -0.512 e. The monoisotopic (exact) mass is 220 g/mol. The summed E-state index contributed by atoms with van der Waals surface area (Å²) in [5.74, 6) is -0.436. The van der Waals surface area contributed by atoms with Gasteiger partial charge in [-0.1, -0.05) is 30.3 Å². The van der Waals surface area contributed by atoms with Crippen molar-refractivity contribution in [3.63, 3.8) is 0 Å². The maximum Gasteiger partial charge on any atom is 0.337 e. The number of benzene rings is 1. The predicted molar refractivity (Wildman–Crippen MR) is 62.1 cm³/mol. The summed E-state index contributed by atoms with van der Waals surface area (Å²) in [5.41, 5.74) is 1.28. The van der Waals surface area contributed by atoms with Gasteiger partial charge in [0, 0.05) is 6.42 Å². The molecular formula is C13H16O3. The lowest BCUT2D eigenvalue weighted by Gasteiger charge is -2.08. The zero-order chi connectivity index (χ0) is 12.0.